The van der Waals surface area contributed by atoms with E-state index in [9.17, 15) is 0 Å². The molecule has 0 heterocycles. The van der Waals surface area contributed by atoms with Gasteiger partial charge in [-0.15, -0.1) is 0 Å². The lowest BCUT2D eigenvalue weighted by atomic mass is 9.93. The molecule has 0 aliphatic heterocycles. The van der Waals surface area contributed by atoms with Crippen LogP contribution in [0.25, 0.3) is 27.8 Å². The number of allylic oxidation sites excluding steroid dienone is 2. The summed E-state index contributed by atoms with van der Waals surface area (Å²) in [5.74, 6) is -2.53. The van der Waals surface area contributed by atoms with Gasteiger partial charge in [-0.05, 0) is 41.2 Å². The minimum atomic E-state index is -0.850. The molecule has 0 N–H and O–H groups in total. The molecule has 0 radical (unpaired) electrons. The predicted octanol–water partition coefficient (Wildman–Crippen LogP) is 10.5. The van der Waals surface area contributed by atoms with E-state index in [0.29, 0.717) is 30.8 Å². The Bertz CT molecular complexity index is 1260. The van der Waals surface area contributed by atoms with E-state index in [0.717, 1.165) is 43.2 Å². The van der Waals surface area contributed by atoms with Gasteiger partial charge in [-0.3, -0.25) is 0 Å². The van der Waals surface area contributed by atoms with Gasteiger partial charge < -0.3 is 9.47 Å². The van der Waals surface area contributed by atoms with Crippen LogP contribution in [0, 0.1) is 11.6 Å². The molecule has 0 amide bonds. The molecule has 0 fully saturated rings. The Hall–Kier alpha value is -3.08. The Morgan fingerprint density at radius 3 is 1.82 bits per heavy atom. The molecule has 212 valence electrons. The Balaban J connectivity index is 1.46. The molecule has 4 rings (SSSR count). The van der Waals surface area contributed by atoms with Crippen LogP contribution in [0.2, 0.25) is 0 Å². The van der Waals surface area contributed by atoms with Crippen LogP contribution in [-0.4, -0.2) is 19.0 Å². The molecule has 0 bridgehead atoms. The third kappa shape index (κ3) is 7.77. The zero-order valence-corrected chi connectivity index (χ0v) is 23.9. The van der Waals surface area contributed by atoms with E-state index in [1.807, 2.05) is 72.8 Å². The fraction of sp³-hybridized carbons (Fsp3) is 0.389. The summed E-state index contributed by atoms with van der Waals surface area (Å²) >= 11 is 0. The quantitative estimate of drug-likeness (QED) is 0.140. The van der Waals surface area contributed by atoms with E-state index in [2.05, 4.69) is 13.8 Å². The number of benzene rings is 3. The second-order valence-electron chi connectivity index (χ2n) is 10.6. The number of hydrogen-bond donors (Lipinski definition) is 0. The van der Waals surface area contributed by atoms with Crippen molar-refractivity contribution in [2.24, 2.45) is 0 Å². The minimum absolute atomic E-state index is 0.248. The van der Waals surface area contributed by atoms with Gasteiger partial charge in [0.1, 0.15) is 0 Å². The van der Waals surface area contributed by atoms with Crippen LogP contribution in [0.5, 0.6) is 0 Å². The summed E-state index contributed by atoms with van der Waals surface area (Å²) in [6.45, 7) is 5.60. The van der Waals surface area contributed by atoms with Crippen LogP contribution in [-0.2, 0) is 9.47 Å². The monoisotopic (exact) mass is 544 g/mol. The van der Waals surface area contributed by atoms with Crippen LogP contribution >= 0.6 is 0 Å². The molecule has 3 aromatic rings. The zero-order chi connectivity index (χ0) is 28.2. The van der Waals surface area contributed by atoms with Gasteiger partial charge in [0.25, 0.3) is 0 Å². The van der Waals surface area contributed by atoms with Crippen LogP contribution < -0.4 is 0 Å². The van der Waals surface area contributed by atoms with Crippen molar-refractivity contribution in [2.45, 2.75) is 77.4 Å². The van der Waals surface area contributed by atoms with Gasteiger partial charge in [0, 0.05) is 17.5 Å². The number of hydrogen-bond acceptors (Lipinski definition) is 2. The second kappa shape index (κ2) is 15.1. The third-order valence-corrected chi connectivity index (χ3v) is 7.51. The van der Waals surface area contributed by atoms with Crippen molar-refractivity contribution in [1.29, 1.82) is 0 Å². The first-order valence-electron chi connectivity index (χ1n) is 14.9. The lowest BCUT2D eigenvalue weighted by Crippen LogP contribution is -2.35. The molecule has 4 heteroatoms. The maximum atomic E-state index is 15.4. The van der Waals surface area contributed by atoms with Gasteiger partial charge in [0.05, 0.1) is 13.2 Å². The number of ether oxygens (including phenoxy) is 2. The van der Waals surface area contributed by atoms with E-state index in [1.165, 1.54) is 19.3 Å². The fourth-order valence-electron chi connectivity index (χ4n) is 5.08. The first kappa shape index (κ1) is 29.9. The standard InChI is InChI=1S/C36H42F2O2/c1-3-5-7-8-13-27-40-36(39-26-12-6-4-2)24-22-31(23-25-36)33-21-20-32(34(37)35(33)38)30-18-16-29(17-19-30)28-14-10-9-11-15-28/h9-11,14-24H,3-8,12-13,25-27H2,1-2H3. The first-order chi connectivity index (χ1) is 19.6. The van der Waals surface area contributed by atoms with Crippen LogP contribution in [0.1, 0.15) is 77.2 Å². The maximum absolute atomic E-state index is 15.4. The van der Waals surface area contributed by atoms with Crippen molar-refractivity contribution in [3.63, 3.8) is 0 Å². The maximum Gasteiger partial charge on any atom is 0.191 e. The molecule has 0 aromatic heterocycles. The Labute approximate surface area is 238 Å². The normalized spacial score (nSPS) is 16.8. The minimum Gasteiger partial charge on any atom is -0.346 e. The van der Waals surface area contributed by atoms with Gasteiger partial charge in [0.2, 0.25) is 0 Å². The summed E-state index contributed by atoms with van der Waals surface area (Å²) in [6.07, 6.45) is 15.0. The molecule has 1 unspecified atom stereocenters. The average Bonchev–Trinajstić information content (AvgIpc) is 3.00. The van der Waals surface area contributed by atoms with Gasteiger partial charge in [0.15, 0.2) is 17.4 Å². The zero-order valence-electron chi connectivity index (χ0n) is 23.9. The molecule has 0 saturated carbocycles. The SMILES string of the molecule is CCCCCCCOC1(OCCCCC)C=CC(c2ccc(-c3ccc(-c4ccccc4)cc3)c(F)c2F)=CC1. The molecule has 40 heavy (non-hydrogen) atoms. The largest absolute Gasteiger partial charge is 0.346 e. The number of rotatable bonds is 15. The van der Waals surface area contributed by atoms with Crippen molar-refractivity contribution in [2.75, 3.05) is 13.2 Å². The topological polar surface area (TPSA) is 18.5 Å². The number of unbranched alkanes of at least 4 members (excludes halogenated alkanes) is 6. The van der Waals surface area contributed by atoms with Crippen molar-refractivity contribution in [3.05, 3.63) is 102 Å². The molecule has 2 nitrogen and oxygen atoms in total. The van der Waals surface area contributed by atoms with Gasteiger partial charge in [-0.25, -0.2) is 8.78 Å². The molecule has 1 atom stereocenters. The van der Waals surface area contributed by atoms with E-state index < -0.39 is 17.4 Å². The third-order valence-electron chi connectivity index (χ3n) is 7.51. The molecule has 1 aliphatic rings. The highest BCUT2D eigenvalue weighted by molar-refractivity contribution is 5.78. The van der Waals surface area contributed by atoms with Crippen LogP contribution in [0.4, 0.5) is 8.78 Å². The Morgan fingerprint density at radius 2 is 1.18 bits per heavy atom. The van der Waals surface area contributed by atoms with E-state index in [-0.39, 0.29) is 11.1 Å². The van der Waals surface area contributed by atoms with E-state index in [1.54, 1.807) is 12.1 Å². The molecule has 0 saturated heterocycles. The van der Waals surface area contributed by atoms with Crippen molar-refractivity contribution in [3.8, 4) is 22.3 Å². The predicted molar refractivity (Wildman–Crippen MR) is 162 cm³/mol. The fourth-order valence-corrected chi connectivity index (χ4v) is 5.08. The molecular formula is C36H42F2O2. The van der Waals surface area contributed by atoms with Gasteiger partial charge in [-0.2, -0.15) is 0 Å². The lowest BCUT2D eigenvalue weighted by Gasteiger charge is -2.33. The van der Waals surface area contributed by atoms with E-state index >= 15 is 8.78 Å². The van der Waals surface area contributed by atoms with Crippen LogP contribution in [0.3, 0.4) is 0 Å². The Morgan fingerprint density at radius 1 is 0.625 bits per heavy atom. The summed E-state index contributed by atoms with van der Waals surface area (Å²) in [7, 11) is 0. The first-order valence-corrected chi connectivity index (χ1v) is 14.9. The lowest BCUT2D eigenvalue weighted by molar-refractivity contribution is -0.203. The second-order valence-corrected chi connectivity index (χ2v) is 10.6. The average molecular weight is 545 g/mol. The van der Waals surface area contributed by atoms with E-state index in [4.69, 9.17) is 9.47 Å². The summed E-state index contributed by atoms with van der Waals surface area (Å²) < 4.78 is 43.2. The van der Waals surface area contributed by atoms with Crippen molar-refractivity contribution in [1.82, 2.24) is 0 Å². The summed E-state index contributed by atoms with van der Waals surface area (Å²) in [5.41, 5.74) is 3.89. The van der Waals surface area contributed by atoms with Crippen LogP contribution in [0.15, 0.2) is 85.0 Å². The number of halogens is 2. The summed E-state index contributed by atoms with van der Waals surface area (Å²) in [6, 6.07) is 20.9. The highest BCUT2D eigenvalue weighted by Crippen LogP contribution is 2.35. The summed E-state index contributed by atoms with van der Waals surface area (Å²) in [5, 5.41) is 0. The smallest absolute Gasteiger partial charge is 0.191 e. The summed E-state index contributed by atoms with van der Waals surface area (Å²) in [4.78, 5) is 0. The molecule has 1 aliphatic carbocycles. The van der Waals surface area contributed by atoms with Crippen molar-refractivity contribution < 1.29 is 18.3 Å². The molecule has 0 spiro atoms. The highest BCUT2D eigenvalue weighted by atomic mass is 19.2. The molecular weight excluding hydrogens is 502 g/mol. The highest BCUT2D eigenvalue weighted by Gasteiger charge is 2.31. The van der Waals surface area contributed by atoms with Gasteiger partial charge in [-0.1, -0.05) is 131 Å². The Kier molecular flexibility index (Phi) is 11.3. The molecule has 3 aromatic carbocycles. The van der Waals surface area contributed by atoms with Crippen molar-refractivity contribution >= 4 is 5.57 Å². The van der Waals surface area contributed by atoms with Gasteiger partial charge >= 0.3 is 0 Å².